The predicted octanol–water partition coefficient (Wildman–Crippen LogP) is 2.32. The highest BCUT2D eigenvalue weighted by Gasteiger charge is 2.05. The first kappa shape index (κ1) is 9.70. The second-order valence-corrected chi connectivity index (χ2v) is 3.51. The van der Waals surface area contributed by atoms with Gasteiger partial charge < -0.3 is 0 Å². The van der Waals surface area contributed by atoms with Gasteiger partial charge in [0.15, 0.2) is 11.6 Å². The van der Waals surface area contributed by atoms with Gasteiger partial charge in [0, 0.05) is 23.9 Å². The number of benzene rings is 1. The van der Waals surface area contributed by atoms with Gasteiger partial charge in [-0.1, -0.05) is 0 Å². The minimum atomic E-state index is 0.578. The summed E-state index contributed by atoms with van der Waals surface area (Å²) in [6.07, 6.45) is 1.68. The number of nitriles is 1. The predicted molar refractivity (Wildman–Crippen MR) is 54.9 cm³/mol. The van der Waals surface area contributed by atoms with Crippen LogP contribution in [0.25, 0.3) is 11.3 Å². The molecule has 0 saturated heterocycles. The molecule has 0 amide bonds. The molecule has 2 nitrogen and oxygen atoms in total. The Bertz CT molecular complexity index is 512. The van der Waals surface area contributed by atoms with E-state index < -0.39 is 0 Å². The topological polar surface area (TPSA) is 36.7 Å². The normalized spacial score (nSPS) is 9.60. The van der Waals surface area contributed by atoms with Gasteiger partial charge in [0.25, 0.3) is 0 Å². The molecule has 72 valence electrons. The second-order valence-electron chi connectivity index (χ2n) is 3.04. The van der Waals surface area contributed by atoms with Crippen LogP contribution in [0, 0.1) is 22.9 Å². The summed E-state index contributed by atoms with van der Waals surface area (Å²) in [6, 6.07) is 13.1. The average Bonchev–Trinajstić information content (AvgIpc) is 2.30. The lowest BCUT2D eigenvalue weighted by Gasteiger charge is -2.00. The van der Waals surface area contributed by atoms with Crippen LogP contribution in [0.15, 0.2) is 42.6 Å². The van der Waals surface area contributed by atoms with Crippen LogP contribution in [0.1, 0.15) is 5.56 Å². The first-order chi connectivity index (χ1) is 7.31. The molecule has 1 aromatic carbocycles. The number of pyridine rings is 1. The van der Waals surface area contributed by atoms with Crippen molar-refractivity contribution in [3.63, 3.8) is 0 Å². The third kappa shape index (κ3) is 1.98. The minimum Gasteiger partial charge on any atom is -0.255 e. The van der Waals surface area contributed by atoms with Crippen LogP contribution >= 0.6 is 0 Å². The van der Waals surface area contributed by atoms with E-state index in [4.69, 9.17) is 16.9 Å². The van der Waals surface area contributed by atoms with Gasteiger partial charge in [0.05, 0.1) is 11.3 Å². The first-order valence-electron chi connectivity index (χ1n) is 4.44. The molecule has 15 heavy (non-hydrogen) atoms. The maximum absolute atomic E-state index is 8.92. The van der Waals surface area contributed by atoms with Crippen molar-refractivity contribution in [3.8, 4) is 17.3 Å². The van der Waals surface area contributed by atoms with Crippen molar-refractivity contribution in [2.45, 2.75) is 0 Å². The molecule has 0 aliphatic carbocycles. The van der Waals surface area contributed by atoms with Crippen molar-refractivity contribution < 1.29 is 11.6 Å². The molecule has 0 fully saturated rings. The summed E-state index contributed by atoms with van der Waals surface area (Å²) >= 11 is 5.00. The van der Waals surface area contributed by atoms with E-state index in [0.29, 0.717) is 11.3 Å². The maximum Gasteiger partial charge on any atom is 0.225 e. The van der Waals surface area contributed by atoms with Gasteiger partial charge in [-0.2, -0.15) is 5.26 Å². The fourth-order valence-electron chi connectivity index (χ4n) is 1.34. The number of hydrogen-bond acceptors (Lipinski definition) is 2. The van der Waals surface area contributed by atoms with E-state index in [9.17, 15) is 0 Å². The Kier molecular flexibility index (Phi) is 2.66. The number of aromatic nitrogens is 1. The number of rotatable bonds is 1. The summed E-state index contributed by atoms with van der Waals surface area (Å²) < 4.78 is 0. The van der Waals surface area contributed by atoms with E-state index in [0.717, 1.165) is 10.6 Å². The molecule has 2 aromatic rings. The Morgan fingerprint density at radius 2 is 1.87 bits per heavy atom. The molecule has 0 spiro atoms. The lowest BCUT2D eigenvalue weighted by Crippen LogP contribution is -1.87. The Morgan fingerprint density at radius 1 is 1.13 bits per heavy atom. The minimum absolute atomic E-state index is 0.578. The van der Waals surface area contributed by atoms with Crippen molar-refractivity contribution in [1.82, 2.24) is 4.98 Å². The molecule has 0 unspecified atom stereocenters. The highest BCUT2D eigenvalue weighted by atomic mass is 35.5. The Hall–Kier alpha value is -1.85. The van der Waals surface area contributed by atoms with Crippen LogP contribution < -0.4 is 0 Å². The zero-order valence-corrected chi connectivity index (χ0v) is 8.66. The van der Waals surface area contributed by atoms with E-state index in [2.05, 4.69) is 11.1 Å². The highest BCUT2D eigenvalue weighted by molar-refractivity contribution is 5.66. The van der Waals surface area contributed by atoms with Gasteiger partial charge in [-0.05, 0) is 24.3 Å². The van der Waals surface area contributed by atoms with E-state index in [-0.39, 0.29) is 0 Å². The van der Waals surface area contributed by atoms with Crippen LogP contribution in [-0.2, 0) is 0 Å². The van der Waals surface area contributed by atoms with Crippen molar-refractivity contribution in [1.29, 1.82) is 5.26 Å². The highest BCUT2D eigenvalue weighted by Crippen LogP contribution is 2.20. The monoisotopic (exact) mass is 215 g/mol. The Labute approximate surface area is 92.8 Å². The summed E-state index contributed by atoms with van der Waals surface area (Å²) in [5.74, 6) is 0. The third-order valence-corrected chi connectivity index (χ3v) is 2.33. The Morgan fingerprint density at radius 3 is 2.53 bits per heavy atom. The third-order valence-electron chi connectivity index (χ3n) is 2.06. The summed E-state index contributed by atoms with van der Waals surface area (Å²) in [4.78, 5) is 4.19. The molecular formula is C12H8ClN2+. The molecule has 0 N–H and O–H groups in total. The zero-order chi connectivity index (χ0) is 10.7. The zero-order valence-electron chi connectivity index (χ0n) is 7.84. The van der Waals surface area contributed by atoms with Crippen LogP contribution in [0.2, 0.25) is 5.02 Å². The van der Waals surface area contributed by atoms with Gasteiger partial charge in [-0.15, -0.1) is 0 Å². The fraction of sp³-hybridized carbons (Fsp3) is 0. The maximum atomic E-state index is 8.92. The van der Waals surface area contributed by atoms with Crippen molar-refractivity contribution in [3.05, 3.63) is 53.2 Å². The van der Waals surface area contributed by atoms with E-state index in [1.165, 1.54) is 0 Å². The Balaban J connectivity index is 2.55. The molecular weight excluding hydrogens is 208 g/mol. The second kappa shape index (κ2) is 4.12. The quantitative estimate of drug-likeness (QED) is 0.732. The lowest BCUT2D eigenvalue weighted by atomic mass is 10.1. The largest absolute Gasteiger partial charge is 0.255 e. The van der Waals surface area contributed by atoms with Crippen molar-refractivity contribution >= 4 is 0 Å². The summed E-state index contributed by atoms with van der Waals surface area (Å²) in [5.41, 5.74) is 2.20. The van der Waals surface area contributed by atoms with Crippen LogP contribution in [-0.4, -0.2) is 4.98 Å². The molecule has 0 saturated carbocycles. The molecule has 3 heteroatoms. The molecule has 0 atom stereocenters. The van der Waals surface area contributed by atoms with E-state index in [1.54, 1.807) is 18.3 Å². The summed E-state index contributed by atoms with van der Waals surface area (Å²) in [6.45, 7) is 0. The van der Waals surface area contributed by atoms with Gasteiger partial charge >= 0.3 is 0 Å². The van der Waals surface area contributed by atoms with E-state index >= 15 is 0 Å². The van der Waals surface area contributed by atoms with Gasteiger partial charge in [-0.3, -0.25) is 4.98 Å². The first-order valence-corrected chi connectivity index (χ1v) is 4.84. The van der Waals surface area contributed by atoms with Gasteiger partial charge in [-0.25, -0.2) is 0 Å². The molecule has 1 heterocycles. The molecule has 0 aliphatic heterocycles. The lowest BCUT2D eigenvalue weighted by molar-refractivity contribution is -0.288. The number of hydrogen-bond donors (Lipinski definition) is 0. The smallest absolute Gasteiger partial charge is 0.225 e. The van der Waals surface area contributed by atoms with Gasteiger partial charge in [0.2, 0.25) is 5.02 Å². The average molecular weight is 216 g/mol. The number of halogens is 1. The van der Waals surface area contributed by atoms with Crippen molar-refractivity contribution in [2.24, 2.45) is 0 Å². The SMILES string of the molecule is N#Cc1cccnc1-c1ccc([ClH+])cc1. The molecule has 2 rings (SSSR count). The van der Waals surface area contributed by atoms with Crippen LogP contribution in [0.4, 0.5) is 0 Å². The fourth-order valence-corrected chi connectivity index (χ4v) is 1.47. The van der Waals surface area contributed by atoms with Crippen LogP contribution in [0.3, 0.4) is 0 Å². The molecule has 1 aromatic heterocycles. The molecule has 0 radical (unpaired) electrons. The van der Waals surface area contributed by atoms with E-state index in [1.807, 2.05) is 24.3 Å². The standard InChI is InChI=1S/C12H8ClN2/c13-11-5-3-9(4-6-11)12-10(8-14)2-1-7-15-12/h1-7,13H/q+1. The van der Waals surface area contributed by atoms with Crippen molar-refractivity contribution in [2.75, 3.05) is 0 Å². The molecule has 0 bridgehead atoms. The summed E-state index contributed by atoms with van der Waals surface area (Å²) in [5, 5.41) is 9.71. The molecule has 0 aliphatic rings. The summed E-state index contributed by atoms with van der Waals surface area (Å²) in [7, 11) is 0. The van der Waals surface area contributed by atoms with Gasteiger partial charge in [0.1, 0.15) is 6.07 Å². The van der Waals surface area contributed by atoms with Crippen LogP contribution in [0.5, 0.6) is 0 Å². The number of nitrogens with zero attached hydrogens (tertiary/aromatic N) is 2.